The predicted octanol–water partition coefficient (Wildman–Crippen LogP) is 11.7. The monoisotopic (exact) mass is 732 g/mol. The van der Waals surface area contributed by atoms with Crippen LogP contribution in [0, 0.1) is 0 Å². The van der Waals surface area contributed by atoms with Gasteiger partial charge in [-0.2, -0.15) is 0 Å². The molecule has 0 aliphatic carbocycles. The van der Waals surface area contributed by atoms with E-state index < -0.39 is 32.5 Å². The lowest BCUT2D eigenvalue weighted by atomic mass is 10.1. The van der Waals surface area contributed by atoms with Gasteiger partial charge in [0.15, 0.2) is 6.10 Å². The van der Waals surface area contributed by atoms with E-state index in [1.807, 2.05) is 12.2 Å². The zero-order valence-corrected chi connectivity index (χ0v) is 32.6. The predicted molar refractivity (Wildman–Crippen MR) is 211 cm³/mol. The number of esters is 2. The summed E-state index contributed by atoms with van der Waals surface area (Å²) in [7, 11) is -4.78. The highest BCUT2D eigenvalue weighted by Gasteiger charge is 2.22. The molecular formula is C42H69O8P. The van der Waals surface area contributed by atoms with Gasteiger partial charge in [-0.15, -0.1) is 0 Å². The Labute approximate surface area is 310 Å². The standard InChI is InChI=1S/C42H69O8P/c1-3-5-7-9-11-13-15-17-19-20-21-22-23-25-27-29-31-33-35-37-42(44)50-40(39-49-51(45,46)47)38-48-41(43)36-34-32-30-28-26-24-18-16-14-12-10-8-6-4-2/h5,7,11,13,16-19,21-22,25,27,31,33,40H,3-4,6,8-10,12,14-15,20,23-24,26,28-30,32,34-39H2,1-2H3,(H2,45,46,47)/b7-5+,13-11+,18-16+,19-17+,22-21+,27-25+,33-31+/t40-/m1/s1. The normalized spacial score (nSPS) is 13.4. The molecule has 0 aromatic carbocycles. The summed E-state index contributed by atoms with van der Waals surface area (Å²) in [5, 5.41) is 0. The molecule has 9 heteroatoms. The maximum absolute atomic E-state index is 12.3. The number of hydrogen-bond donors (Lipinski definition) is 2. The first kappa shape index (κ1) is 48.2. The number of ether oxygens (including phenoxy) is 2. The van der Waals surface area contributed by atoms with Crippen LogP contribution in [0.1, 0.15) is 149 Å². The fraction of sp³-hybridized carbons (Fsp3) is 0.619. The van der Waals surface area contributed by atoms with Gasteiger partial charge in [0.2, 0.25) is 0 Å². The van der Waals surface area contributed by atoms with E-state index in [4.69, 9.17) is 19.3 Å². The average molecular weight is 733 g/mol. The lowest BCUT2D eigenvalue weighted by Gasteiger charge is -2.18. The largest absolute Gasteiger partial charge is 0.469 e. The fourth-order valence-corrected chi connectivity index (χ4v) is 5.16. The van der Waals surface area contributed by atoms with E-state index >= 15 is 0 Å². The molecule has 0 aromatic rings. The minimum absolute atomic E-state index is 0.0807. The molecule has 51 heavy (non-hydrogen) atoms. The van der Waals surface area contributed by atoms with Gasteiger partial charge in [-0.05, 0) is 77.0 Å². The molecule has 0 aliphatic heterocycles. The van der Waals surface area contributed by atoms with Crippen LogP contribution in [0.25, 0.3) is 0 Å². The van der Waals surface area contributed by atoms with Crippen LogP contribution in [0.4, 0.5) is 0 Å². The van der Waals surface area contributed by atoms with Crippen molar-refractivity contribution in [1.82, 2.24) is 0 Å². The molecule has 0 unspecified atom stereocenters. The van der Waals surface area contributed by atoms with Crippen LogP contribution in [0.5, 0.6) is 0 Å². The maximum atomic E-state index is 12.3. The number of phosphoric ester groups is 1. The quantitative estimate of drug-likeness (QED) is 0.0290. The van der Waals surface area contributed by atoms with Crippen LogP contribution in [0.3, 0.4) is 0 Å². The Bertz CT molecular complexity index is 1100. The van der Waals surface area contributed by atoms with E-state index in [9.17, 15) is 14.2 Å². The zero-order valence-electron chi connectivity index (χ0n) is 31.7. The summed E-state index contributed by atoms with van der Waals surface area (Å²) in [4.78, 5) is 42.7. The number of carbonyl (C=O) groups excluding carboxylic acids is 2. The summed E-state index contributed by atoms with van der Waals surface area (Å²) < 4.78 is 26.2. The third-order valence-corrected chi connectivity index (χ3v) is 8.15. The molecule has 2 N–H and O–H groups in total. The molecule has 0 aromatic heterocycles. The van der Waals surface area contributed by atoms with Crippen molar-refractivity contribution in [3.8, 4) is 0 Å². The van der Waals surface area contributed by atoms with Crippen molar-refractivity contribution in [2.24, 2.45) is 0 Å². The molecule has 8 nitrogen and oxygen atoms in total. The van der Waals surface area contributed by atoms with Gasteiger partial charge in [0.05, 0.1) is 6.61 Å². The second kappa shape index (κ2) is 37.0. The molecule has 0 spiro atoms. The summed E-state index contributed by atoms with van der Waals surface area (Å²) in [5.41, 5.74) is 0. The van der Waals surface area contributed by atoms with Crippen LogP contribution in [-0.2, 0) is 28.2 Å². The topological polar surface area (TPSA) is 119 Å². The van der Waals surface area contributed by atoms with E-state index in [2.05, 4.69) is 91.3 Å². The molecule has 1 atom stereocenters. The fourth-order valence-electron chi connectivity index (χ4n) is 4.80. The number of allylic oxidation sites excluding steroid dienone is 14. The van der Waals surface area contributed by atoms with E-state index in [0.29, 0.717) is 12.8 Å². The molecular weight excluding hydrogens is 663 g/mol. The summed E-state index contributed by atoms with van der Waals surface area (Å²) in [6.07, 6.45) is 48.9. The van der Waals surface area contributed by atoms with Gasteiger partial charge in [-0.1, -0.05) is 144 Å². The Hall–Kier alpha value is -2.77. The Balaban J connectivity index is 4.13. The first-order chi connectivity index (χ1) is 24.8. The Morgan fingerprint density at radius 2 is 0.980 bits per heavy atom. The zero-order chi connectivity index (χ0) is 37.5. The Morgan fingerprint density at radius 1 is 0.529 bits per heavy atom. The highest BCUT2D eigenvalue weighted by atomic mass is 31.2. The number of unbranched alkanes of at least 4 members (excludes halogenated alkanes) is 10. The smallest absolute Gasteiger partial charge is 0.462 e. The highest BCUT2D eigenvalue weighted by molar-refractivity contribution is 7.46. The third-order valence-electron chi connectivity index (χ3n) is 7.66. The summed E-state index contributed by atoms with van der Waals surface area (Å²) in [6.45, 7) is 3.47. The number of phosphoric acid groups is 1. The van der Waals surface area contributed by atoms with Gasteiger partial charge < -0.3 is 19.3 Å². The highest BCUT2D eigenvalue weighted by Crippen LogP contribution is 2.35. The lowest BCUT2D eigenvalue weighted by Crippen LogP contribution is -2.29. The van der Waals surface area contributed by atoms with E-state index in [0.717, 1.165) is 70.6 Å². The molecule has 0 aliphatic rings. The van der Waals surface area contributed by atoms with Gasteiger partial charge >= 0.3 is 19.8 Å². The minimum Gasteiger partial charge on any atom is -0.462 e. The molecule has 0 amide bonds. The van der Waals surface area contributed by atoms with Crippen LogP contribution in [0.2, 0.25) is 0 Å². The summed E-state index contributed by atoms with van der Waals surface area (Å²) in [6, 6.07) is 0. The second-order valence-corrected chi connectivity index (χ2v) is 13.8. The van der Waals surface area contributed by atoms with Crippen LogP contribution >= 0.6 is 7.82 Å². The minimum atomic E-state index is -4.78. The van der Waals surface area contributed by atoms with Gasteiger partial charge in [-0.25, -0.2) is 4.57 Å². The molecule has 0 saturated carbocycles. The van der Waals surface area contributed by atoms with Crippen molar-refractivity contribution in [1.29, 1.82) is 0 Å². The van der Waals surface area contributed by atoms with Crippen LogP contribution in [-0.4, -0.2) is 41.0 Å². The molecule has 0 heterocycles. The average Bonchev–Trinajstić information content (AvgIpc) is 3.10. The van der Waals surface area contributed by atoms with E-state index in [1.165, 1.54) is 38.5 Å². The van der Waals surface area contributed by atoms with Gasteiger partial charge in [0.1, 0.15) is 6.61 Å². The van der Waals surface area contributed by atoms with Crippen molar-refractivity contribution >= 4 is 19.8 Å². The number of hydrogen-bond acceptors (Lipinski definition) is 6. The van der Waals surface area contributed by atoms with Gasteiger partial charge in [0, 0.05) is 12.8 Å². The summed E-state index contributed by atoms with van der Waals surface area (Å²) >= 11 is 0. The molecule has 0 rings (SSSR count). The van der Waals surface area contributed by atoms with Gasteiger partial charge in [-0.3, -0.25) is 14.1 Å². The van der Waals surface area contributed by atoms with Crippen molar-refractivity contribution in [2.75, 3.05) is 13.2 Å². The van der Waals surface area contributed by atoms with E-state index in [-0.39, 0.29) is 19.4 Å². The third kappa shape index (κ3) is 39.9. The molecule has 0 saturated heterocycles. The number of carbonyl (C=O) groups is 2. The first-order valence-electron chi connectivity index (χ1n) is 19.4. The summed E-state index contributed by atoms with van der Waals surface area (Å²) in [5.74, 6) is -1.00. The number of rotatable bonds is 34. The SMILES string of the molecule is CC/C=C/C/C=C/C/C=C/C/C=C/C/C=C/C/C=C/CCC(=O)O[C@H](COC(=O)CCCCCCC/C=C/CCCCCCC)COP(=O)(O)O. The molecule has 0 bridgehead atoms. The Kier molecular flexibility index (Phi) is 35.0. The van der Waals surface area contributed by atoms with Crippen molar-refractivity contribution in [2.45, 2.75) is 155 Å². The second-order valence-electron chi connectivity index (χ2n) is 12.5. The molecule has 290 valence electrons. The van der Waals surface area contributed by atoms with E-state index in [1.54, 1.807) is 0 Å². The van der Waals surface area contributed by atoms with Crippen LogP contribution < -0.4 is 0 Å². The van der Waals surface area contributed by atoms with Crippen molar-refractivity contribution in [3.05, 3.63) is 85.1 Å². The maximum Gasteiger partial charge on any atom is 0.469 e. The lowest BCUT2D eigenvalue weighted by molar-refractivity contribution is -0.161. The van der Waals surface area contributed by atoms with Crippen molar-refractivity contribution in [3.63, 3.8) is 0 Å². The van der Waals surface area contributed by atoms with Gasteiger partial charge in [0.25, 0.3) is 0 Å². The molecule has 0 radical (unpaired) electrons. The molecule has 0 fully saturated rings. The first-order valence-corrected chi connectivity index (χ1v) is 20.9. The Morgan fingerprint density at radius 3 is 1.49 bits per heavy atom. The van der Waals surface area contributed by atoms with Crippen molar-refractivity contribution < 1.29 is 37.9 Å². The van der Waals surface area contributed by atoms with Crippen LogP contribution in [0.15, 0.2) is 85.1 Å².